The van der Waals surface area contributed by atoms with Crippen molar-refractivity contribution >= 4 is 57.6 Å². The van der Waals surface area contributed by atoms with E-state index in [2.05, 4.69) is 6.92 Å². The van der Waals surface area contributed by atoms with Gasteiger partial charge >= 0.3 is 0 Å². The number of nitrogens with zero attached hydrogens (tertiary/aromatic N) is 1. The normalized spacial score (nSPS) is 16.4. The number of anilines is 1. The molecule has 2 aromatic rings. The van der Waals surface area contributed by atoms with E-state index in [0.717, 1.165) is 17.7 Å². The molecule has 0 aromatic heterocycles. The molecule has 0 saturated carbocycles. The average molecular weight is 360 g/mol. The number of thioether (sulfide) groups is 1. The number of thiocarbonyl (C=S) groups is 1. The lowest BCUT2D eigenvalue weighted by molar-refractivity contribution is -0.113. The largest absolute Gasteiger partial charge is 0.270 e. The number of hydrogen-bond donors (Lipinski definition) is 0. The molecule has 5 heteroatoms. The van der Waals surface area contributed by atoms with E-state index in [4.69, 9.17) is 23.8 Å². The van der Waals surface area contributed by atoms with Crippen LogP contribution in [0.15, 0.2) is 53.4 Å². The first-order valence-corrected chi connectivity index (χ1v) is 8.82. The van der Waals surface area contributed by atoms with E-state index in [1.165, 1.54) is 17.3 Å². The van der Waals surface area contributed by atoms with Gasteiger partial charge < -0.3 is 0 Å². The van der Waals surface area contributed by atoms with E-state index in [0.29, 0.717) is 14.2 Å². The summed E-state index contributed by atoms with van der Waals surface area (Å²) in [4.78, 5) is 14.9. The molecule has 1 heterocycles. The second-order valence-electron chi connectivity index (χ2n) is 5.06. The van der Waals surface area contributed by atoms with Crippen LogP contribution in [-0.2, 0) is 11.2 Å². The van der Waals surface area contributed by atoms with Crippen LogP contribution in [0.25, 0.3) is 6.08 Å². The quantitative estimate of drug-likeness (QED) is 0.547. The van der Waals surface area contributed by atoms with E-state index in [1.807, 2.05) is 42.5 Å². The molecule has 1 amide bonds. The molecule has 2 nitrogen and oxygen atoms in total. The summed E-state index contributed by atoms with van der Waals surface area (Å²) in [6.45, 7) is 2.10. The van der Waals surface area contributed by atoms with Crippen molar-refractivity contribution in [1.29, 1.82) is 0 Å². The van der Waals surface area contributed by atoms with Gasteiger partial charge in [-0.2, -0.15) is 0 Å². The number of carbonyl (C=O) groups excluding carboxylic acids is 1. The highest BCUT2D eigenvalue weighted by atomic mass is 35.5. The van der Waals surface area contributed by atoms with Crippen molar-refractivity contribution in [3.05, 3.63) is 69.6 Å². The Hall–Kier alpha value is -1.62. The van der Waals surface area contributed by atoms with Gasteiger partial charge in [-0.25, -0.2) is 0 Å². The molecule has 0 spiro atoms. The summed E-state index contributed by atoms with van der Waals surface area (Å²) in [5.74, 6) is -0.107. The van der Waals surface area contributed by atoms with Gasteiger partial charge in [0.2, 0.25) is 0 Å². The second kappa shape index (κ2) is 6.87. The number of hydrogen-bond acceptors (Lipinski definition) is 3. The summed E-state index contributed by atoms with van der Waals surface area (Å²) in [6.07, 6.45) is 2.76. The molecule has 0 bridgehead atoms. The third kappa shape index (κ3) is 3.34. The molecule has 1 aliphatic rings. The first-order chi connectivity index (χ1) is 11.1. The zero-order chi connectivity index (χ0) is 16.4. The minimum Gasteiger partial charge on any atom is -0.268 e. The van der Waals surface area contributed by atoms with Gasteiger partial charge in [-0.05, 0) is 41.8 Å². The summed E-state index contributed by atoms with van der Waals surface area (Å²) in [5, 5.41) is 0.616. The smallest absolute Gasteiger partial charge is 0.268 e. The van der Waals surface area contributed by atoms with Crippen molar-refractivity contribution in [3.8, 4) is 0 Å². The fourth-order valence-electron chi connectivity index (χ4n) is 2.30. The molecule has 1 saturated heterocycles. The first-order valence-electron chi connectivity index (χ1n) is 7.21. The van der Waals surface area contributed by atoms with Crippen molar-refractivity contribution in [3.63, 3.8) is 0 Å². The standard InChI is InChI=1S/C18H14ClNOS2/c1-2-12-7-9-14(10-8-12)20-17(21)16(23-18(20)22)11-13-5-3-4-6-15(13)19/h3-11H,2H2,1H3/b16-11-. The van der Waals surface area contributed by atoms with Crippen molar-refractivity contribution in [2.24, 2.45) is 0 Å². The third-order valence-electron chi connectivity index (χ3n) is 3.59. The summed E-state index contributed by atoms with van der Waals surface area (Å²) in [5.41, 5.74) is 2.84. The number of carbonyl (C=O) groups is 1. The first kappa shape index (κ1) is 16.2. The molecular weight excluding hydrogens is 346 g/mol. The minimum absolute atomic E-state index is 0.107. The van der Waals surface area contributed by atoms with Crippen molar-refractivity contribution in [1.82, 2.24) is 0 Å². The zero-order valence-corrected chi connectivity index (χ0v) is 14.8. The van der Waals surface area contributed by atoms with Gasteiger partial charge in [-0.1, -0.05) is 72.8 Å². The Bertz CT molecular complexity index is 799. The highest BCUT2D eigenvalue weighted by molar-refractivity contribution is 8.27. The van der Waals surface area contributed by atoms with Gasteiger partial charge in [0, 0.05) is 5.02 Å². The topological polar surface area (TPSA) is 20.3 Å². The molecule has 0 N–H and O–H groups in total. The average Bonchev–Trinajstić information content (AvgIpc) is 2.84. The van der Waals surface area contributed by atoms with Crippen LogP contribution in [0.4, 0.5) is 5.69 Å². The molecule has 0 radical (unpaired) electrons. The van der Waals surface area contributed by atoms with Crippen LogP contribution in [0, 0.1) is 0 Å². The third-order valence-corrected chi connectivity index (χ3v) is 5.23. The Kier molecular flexibility index (Phi) is 4.85. The van der Waals surface area contributed by atoms with E-state index in [1.54, 1.807) is 17.0 Å². The van der Waals surface area contributed by atoms with Crippen LogP contribution < -0.4 is 4.90 Å². The fourth-order valence-corrected chi connectivity index (χ4v) is 3.78. The van der Waals surface area contributed by atoms with Crippen molar-refractivity contribution < 1.29 is 4.79 Å². The monoisotopic (exact) mass is 359 g/mol. The number of benzene rings is 2. The lowest BCUT2D eigenvalue weighted by Gasteiger charge is -2.14. The number of rotatable bonds is 3. The molecule has 1 fully saturated rings. The second-order valence-corrected chi connectivity index (χ2v) is 7.14. The van der Waals surface area contributed by atoms with Crippen LogP contribution in [0.3, 0.4) is 0 Å². The van der Waals surface area contributed by atoms with Gasteiger partial charge in [0.1, 0.15) is 0 Å². The van der Waals surface area contributed by atoms with E-state index in [9.17, 15) is 4.79 Å². The van der Waals surface area contributed by atoms with Gasteiger partial charge in [-0.3, -0.25) is 9.69 Å². The summed E-state index contributed by atoms with van der Waals surface area (Å²) in [6, 6.07) is 15.3. The van der Waals surface area contributed by atoms with Gasteiger partial charge in [0.15, 0.2) is 4.32 Å². The highest BCUT2D eigenvalue weighted by Gasteiger charge is 2.33. The van der Waals surface area contributed by atoms with Crippen LogP contribution in [0.5, 0.6) is 0 Å². The molecule has 23 heavy (non-hydrogen) atoms. The molecule has 0 atom stereocenters. The van der Waals surface area contributed by atoms with Gasteiger partial charge in [-0.15, -0.1) is 0 Å². The van der Waals surface area contributed by atoms with E-state index in [-0.39, 0.29) is 5.91 Å². The molecule has 0 unspecified atom stereocenters. The van der Waals surface area contributed by atoms with Gasteiger partial charge in [0.25, 0.3) is 5.91 Å². The van der Waals surface area contributed by atoms with Crippen molar-refractivity contribution in [2.75, 3.05) is 4.90 Å². The Labute approximate surface area is 150 Å². The molecule has 0 aliphatic carbocycles. The lowest BCUT2D eigenvalue weighted by atomic mass is 10.1. The predicted octanol–water partition coefficient (Wildman–Crippen LogP) is 5.31. The maximum absolute atomic E-state index is 12.7. The van der Waals surface area contributed by atoms with Crippen LogP contribution >= 0.6 is 35.6 Å². The maximum atomic E-state index is 12.7. The molecule has 116 valence electrons. The van der Waals surface area contributed by atoms with Crippen molar-refractivity contribution in [2.45, 2.75) is 13.3 Å². The lowest BCUT2D eigenvalue weighted by Crippen LogP contribution is -2.27. The Morgan fingerprint density at radius 1 is 1.17 bits per heavy atom. The van der Waals surface area contributed by atoms with Gasteiger partial charge in [0.05, 0.1) is 10.6 Å². The molecule has 1 aliphatic heterocycles. The van der Waals surface area contributed by atoms with Crippen LogP contribution in [-0.4, -0.2) is 10.2 Å². The summed E-state index contributed by atoms with van der Waals surface area (Å²) in [7, 11) is 0. The fraction of sp³-hybridized carbons (Fsp3) is 0.111. The maximum Gasteiger partial charge on any atom is 0.270 e. The summed E-state index contributed by atoms with van der Waals surface area (Å²) < 4.78 is 0.539. The SMILES string of the molecule is CCc1ccc(N2C(=O)/C(=C/c3ccccc3Cl)SC2=S)cc1. The Balaban J connectivity index is 1.92. The molecular formula is C18H14ClNOS2. The van der Waals surface area contributed by atoms with E-state index >= 15 is 0 Å². The Morgan fingerprint density at radius 2 is 1.87 bits per heavy atom. The van der Waals surface area contributed by atoms with E-state index < -0.39 is 0 Å². The van der Waals surface area contributed by atoms with Crippen LogP contribution in [0.2, 0.25) is 5.02 Å². The summed E-state index contributed by atoms with van der Waals surface area (Å²) >= 11 is 12.8. The number of amides is 1. The predicted molar refractivity (Wildman–Crippen MR) is 103 cm³/mol. The Morgan fingerprint density at radius 3 is 2.52 bits per heavy atom. The number of aryl methyl sites for hydroxylation is 1. The number of halogens is 1. The molecule has 2 aromatic carbocycles. The zero-order valence-electron chi connectivity index (χ0n) is 12.5. The van der Waals surface area contributed by atoms with Crippen LogP contribution in [0.1, 0.15) is 18.1 Å². The minimum atomic E-state index is -0.107. The molecule has 3 rings (SSSR count). The highest BCUT2D eigenvalue weighted by Crippen LogP contribution is 2.36.